The van der Waals surface area contributed by atoms with Crippen molar-refractivity contribution < 1.29 is 9.15 Å². The summed E-state index contributed by atoms with van der Waals surface area (Å²) < 4.78 is 11.3. The Hall–Kier alpha value is -1.48. The summed E-state index contributed by atoms with van der Waals surface area (Å²) in [5, 5.41) is 4.70. The summed E-state index contributed by atoms with van der Waals surface area (Å²) in [5.41, 5.74) is 2.37. The van der Waals surface area contributed by atoms with Crippen LogP contribution in [0.15, 0.2) is 22.6 Å². The second-order valence-electron chi connectivity index (χ2n) is 5.25. The monoisotopic (exact) mass is 259 g/mol. The predicted octanol–water partition coefficient (Wildman–Crippen LogP) is 3.82. The van der Waals surface area contributed by atoms with Crippen LogP contribution in [0.1, 0.15) is 43.4 Å². The number of ether oxygens (including phenoxy) is 1. The molecule has 1 aliphatic carbocycles. The number of hydrogen-bond acceptors (Lipinski definition) is 3. The van der Waals surface area contributed by atoms with Crippen molar-refractivity contribution in [3.8, 4) is 5.75 Å². The summed E-state index contributed by atoms with van der Waals surface area (Å²) in [6, 6.07) is 6.14. The molecule has 1 saturated carbocycles. The smallest absolute Gasteiger partial charge is 0.138 e. The molecule has 0 amide bonds. The Balaban J connectivity index is 1.97. The number of hydrogen-bond donors (Lipinski definition) is 1. The fraction of sp³-hybridized carbons (Fsp3) is 0.500. The average molecular weight is 259 g/mol. The molecule has 0 unspecified atom stereocenters. The van der Waals surface area contributed by atoms with Gasteiger partial charge in [-0.05, 0) is 43.9 Å². The van der Waals surface area contributed by atoms with E-state index in [4.69, 9.17) is 9.15 Å². The zero-order chi connectivity index (χ0) is 13.2. The SMILES string of the molecule is CCCNCc1oc2cc(OC)ccc2c1C1CC1. The quantitative estimate of drug-likeness (QED) is 0.801. The summed E-state index contributed by atoms with van der Waals surface area (Å²) in [5.74, 6) is 2.67. The van der Waals surface area contributed by atoms with Crippen LogP contribution in [0.25, 0.3) is 11.0 Å². The van der Waals surface area contributed by atoms with Crippen LogP contribution in [0.2, 0.25) is 0 Å². The molecule has 1 heterocycles. The lowest BCUT2D eigenvalue weighted by Gasteiger charge is -2.02. The normalized spacial score (nSPS) is 15.1. The highest BCUT2D eigenvalue weighted by atomic mass is 16.5. The highest BCUT2D eigenvalue weighted by molar-refractivity contribution is 5.84. The topological polar surface area (TPSA) is 34.4 Å². The Bertz CT molecular complexity index is 569. The second-order valence-corrected chi connectivity index (χ2v) is 5.25. The van der Waals surface area contributed by atoms with Crippen LogP contribution in [0.4, 0.5) is 0 Å². The van der Waals surface area contributed by atoms with Crippen molar-refractivity contribution in [1.82, 2.24) is 5.32 Å². The van der Waals surface area contributed by atoms with Crippen molar-refractivity contribution in [1.29, 1.82) is 0 Å². The number of furan rings is 1. The molecule has 1 aromatic carbocycles. The van der Waals surface area contributed by atoms with E-state index in [0.29, 0.717) is 5.92 Å². The fourth-order valence-electron chi connectivity index (χ4n) is 2.60. The predicted molar refractivity (Wildman–Crippen MR) is 76.7 cm³/mol. The molecule has 0 aliphatic heterocycles. The average Bonchev–Trinajstić information content (AvgIpc) is 3.20. The molecular formula is C16H21NO2. The second kappa shape index (κ2) is 5.25. The van der Waals surface area contributed by atoms with E-state index in [2.05, 4.69) is 18.3 Å². The maximum absolute atomic E-state index is 6.05. The fourth-order valence-corrected chi connectivity index (χ4v) is 2.60. The summed E-state index contributed by atoms with van der Waals surface area (Å²) in [6.07, 6.45) is 3.73. The first-order valence-corrected chi connectivity index (χ1v) is 7.13. The van der Waals surface area contributed by atoms with E-state index in [9.17, 15) is 0 Å². The lowest BCUT2D eigenvalue weighted by atomic mass is 10.1. The van der Waals surface area contributed by atoms with Crippen LogP contribution in [-0.4, -0.2) is 13.7 Å². The number of methoxy groups -OCH3 is 1. The van der Waals surface area contributed by atoms with Gasteiger partial charge in [-0.2, -0.15) is 0 Å². The number of nitrogens with one attached hydrogen (secondary N) is 1. The maximum Gasteiger partial charge on any atom is 0.138 e. The molecule has 0 bridgehead atoms. The van der Waals surface area contributed by atoms with E-state index in [1.807, 2.05) is 12.1 Å². The van der Waals surface area contributed by atoms with Crippen LogP contribution in [0, 0.1) is 0 Å². The van der Waals surface area contributed by atoms with Gasteiger partial charge < -0.3 is 14.5 Å². The minimum atomic E-state index is 0.702. The van der Waals surface area contributed by atoms with Gasteiger partial charge in [0.2, 0.25) is 0 Å². The largest absolute Gasteiger partial charge is 0.497 e. The molecule has 0 atom stereocenters. The molecule has 1 N–H and O–H groups in total. The molecule has 1 fully saturated rings. The first-order chi connectivity index (χ1) is 9.33. The van der Waals surface area contributed by atoms with Gasteiger partial charge in [0.05, 0.1) is 13.7 Å². The van der Waals surface area contributed by atoms with Gasteiger partial charge >= 0.3 is 0 Å². The zero-order valence-electron chi connectivity index (χ0n) is 11.7. The Morgan fingerprint density at radius 1 is 1.37 bits per heavy atom. The summed E-state index contributed by atoms with van der Waals surface area (Å²) >= 11 is 0. The molecule has 0 spiro atoms. The van der Waals surface area contributed by atoms with Crippen molar-refractivity contribution in [2.75, 3.05) is 13.7 Å². The van der Waals surface area contributed by atoms with Crippen LogP contribution in [-0.2, 0) is 6.54 Å². The van der Waals surface area contributed by atoms with Gasteiger partial charge in [-0.25, -0.2) is 0 Å². The lowest BCUT2D eigenvalue weighted by Crippen LogP contribution is -2.14. The van der Waals surface area contributed by atoms with E-state index in [0.717, 1.165) is 36.6 Å². The van der Waals surface area contributed by atoms with E-state index >= 15 is 0 Å². The number of rotatable bonds is 6. The molecule has 0 saturated heterocycles. The van der Waals surface area contributed by atoms with E-state index in [1.54, 1.807) is 7.11 Å². The Kier molecular flexibility index (Phi) is 3.47. The molecule has 1 aromatic heterocycles. The van der Waals surface area contributed by atoms with E-state index in [-0.39, 0.29) is 0 Å². The molecular weight excluding hydrogens is 238 g/mol. The maximum atomic E-state index is 6.05. The Morgan fingerprint density at radius 2 is 2.21 bits per heavy atom. The first-order valence-electron chi connectivity index (χ1n) is 7.13. The van der Waals surface area contributed by atoms with Crippen LogP contribution >= 0.6 is 0 Å². The van der Waals surface area contributed by atoms with Gasteiger partial charge in [0, 0.05) is 17.0 Å². The molecule has 3 heteroatoms. The highest BCUT2D eigenvalue weighted by Crippen LogP contribution is 2.46. The van der Waals surface area contributed by atoms with Crippen LogP contribution < -0.4 is 10.1 Å². The third-order valence-electron chi connectivity index (χ3n) is 3.71. The van der Waals surface area contributed by atoms with Crippen molar-refractivity contribution >= 4 is 11.0 Å². The van der Waals surface area contributed by atoms with Gasteiger partial charge in [-0.1, -0.05) is 6.92 Å². The third kappa shape index (κ3) is 2.47. The molecule has 0 radical (unpaired) electrons. The minimum Gasteiger partial charge on any atom is -0.497 e. The standard InChI is InChI=1S/C16H21NO2/c1-3-8-17-10-15-16(11-4-5-11)13-7-6-12(18-2)9-14(13)19-15/h6-7,9,11,17H,3-5,8,10H2,1-2H3. The van der Waals surface area contributed by atoms with Gasteiger partial charge in [-0.15, -0.1) is 0 Å². The van der Waals surface area contributed by atoms with Gasteiger partial charge in [-0.3, -0.25) is 0 Å². The van der Waals surface area contributed by atoms with Crippen LogP contribution in [0.5, 0.6) is 5.75 Å². The van der Waals surface area contributed by atoms with Gasteiger partial charge in [0.25, 0.3) is 0 Å². The minimum absolute atomic E-state index is 0.702. The molecule has 3 rings (SSSR count). The highest BCUT2D eigenvalue weighted by Gasteiger charge is 2.30. The van der Waals surface area contributed by atoms with Crippen molar-refractivity contribution in [3.05, 3.63) is 29.5 Å². The zero-order valence-corrected chi connectivity index (χ0v) is 11.7. The number of benzene rings is 1. The third-order valence-corrected chi connectivity index (χ3v) is 3.71. The lowest BCUT2D eigenvalue weighted by molar-refractivity contribution is 0.414. The summed E-state index contributed by atoms with van der Waals surface area (Å²) in [6.45, 7) is 4.04. The van der Waals surface area contributed by atoms with E-state index in [1.165, 1.54) is 23.8 Å². The van der Waals surface area contributed by atoms with Crippen molar-refractivity contribution in [2.24, 2.45) is 0 Å². The van der Waals surface area contributed by atoms with E-state index < -0.39 is 0 Å². The Labute approximate surface area is 113 Å². The Morgan fingerprint density at radius 3 is 2.89 bits per heavy atom. The molecule has 102 valence electrons. The van der Waals surface area contributed by atoms with Crippen LogP contribution in [0.3, 0.4) is 0 Å². The van der Waals surface area contributed by atoms with Crippen molar-refractivity contribution in [3.63, 3.8) is 0 Å². The first kappa shape index (κ1) is 12.5. The van der Waals surface area contributed by atoms with Gasteiger partial charge in [0.1, 0.15) is 17.1 Å². The van der Waals surface area contributed by atoms with Gasteiger partial charge in [0.15, 0.2) is 0 Å². The summed E-state index contributed by atoms with van der Waals surface area (Å²) in [4.78, 5) is 0. The summed E-state index contributed by atoms with van der Waals surface area (Å²) in [7, 11) is 1.69. The van der Waals surface area contributed by atoms with Crippen molar-refractivity contribution in [2.45, 2.75) is 38.6 Å². The molecule has 19 heavy (non-hydrogen) atoms. The molecule has 1 aliphatic rings. The molecule has 2 aromatic rings. The number of fused-ring (bicyclic) bond motifs is 1. The molecule has 3 nitrogen and oxygen atoms in total.